The van der Waals surface area contributed by atoms with Crippen LogP contribution in [0.4, 0.5) is 5.69 Å². The van der Waals surface area contributed by atoms with E-state index in [2.05, 4.69) is 0 Å². The SMILES string of the molecule is CC1CC(=O)c2cc(Cl)ccc2N1C(=O)c1ccc(Cl)c(Cl)c1. The van der Waals surface area contributed by atoms with Crippen LogP contribution in [0.25, 0.3) is 0 Å². The zero-order valence-electron chi connectivity index (χ0n) is 12.1. The van der Waals surface area contributed by atoms with Gasteiger partial charge in [0.15, 0.2) is 5.78 Å². The van der Waals surface area contributed by atoms with E-state index in [1.165, 1.54) is 6.07 Å². The second-order valence-corrected chi connectivity index (χ2v) is 6.69. The number of amides is 1. The zero-order chi connectivity index (χ0) is 16.7. The minimum absolute atomic E-state index is 0.0202. The van der Waals surface area contributed by atoms with Crippen LogP contribution in [0.2, 0.25) is 15.1 Å². The number of benzene rings is 2. The van der Waals surface area contributed by atoms with Gasteiger partial charge in [0, 0.05) is 28.6 Å². The van der Waals surface area contributed by atoms with E-state index in [1.807, 2.05) is 6.92 Å². The first kappa shape index (κ1) is 16.3. The number of nitrogens with zero attached hydrogens (tertiary/aromatic N) is 1. The number of hydrogen-bond donors (Lipinski definition) is 0. The first-order chi connectivity index (χ1) is 10.9. The van der Waals surface area contributed by atoms with E-state index in [-0.39, 0.29) is 24.2 Å². The molecule has 1 amide bonds. The van der Waals surface area contributed by atoms with Crippen LogP contribution in [-0.4, -0.2) is 17.7 Å². The summed E-state index contributed by atoms with van der Waals surface area (Å²) in [5, 5.41) is 1.17. The maximum Gasteiger partial charge on any atom is 0.258 e. The van der Waals surface area contributed by atoms with Crippen LogP contribution in [0.5, 0.6) is 0 Å². The van der Waals surface area contributed by atoms with E-state index in [0.717, 1.165) is 0 Å². The third-order valence-electron chi connectivity index (χ3n) is 3.83. The Bertz CT molecular complexity index is 819. The van der Waals surface area contributed by atoms with Gasteiger partial charge in [-0.15, -0.1) is 0 Å². The highest BCUT2D eigenvalue weighted by Gasteiger charge is 2.33. The highest BCUT2D eigenvalue weighted by atomic mass is 35.5. The fourth-order valence-corrected chi connectivity index (χ4v) is 3.20. The van der Waals surface area contributed by atoms with Gasteiger partial charge in [-0.3, -0.25) is 9.59 Å². The van der Waals surface area contributed by atoms with Crippen molar-refractivity contribution >= 4 is 52.2 Å². The fraction of sp³-hybridized carbons (Fsp3) is 0.176. The Morgan fingerprint density at radius 1 is 1.09 bits per heavy atom. The molecule has 0 saturated heterocycles. The van der Waals surface area contributed by atoms with Gasteiger partial charge in [0.2, 0.25) is 0 Å². The molecule has 0 radical (unpaired) electrons. The minimum atomic E-state index is -0.252. The molecule has 118 valence electrons. The molecular formula is C17H12Cl3NO2. The Hall–Kier alpha value is -1.55. The molecule has 1 heterocycles. The molecule has 1 atom stereocenters. The Balaban J connectivity index is 2.08. The summed E-state index contributed by atoms with van der Waals surface area (Å²) in [5.74, 6) is -0.250. The Labute approximate surface area is 148 Å². The van der Waals surface area contributed by atoms with Crippen LogP contribution in [0.3, 0.4) is 0 Å². The second kappa shape index (κ2) is 6.16. The van der Waals surface area contributed by atoms with Crippen molar-refractivity contribution in [1.29, 1.82) is 0 Å². The van der Waals surface area contributed by atoms with E-state index in [1.54, 1.807) is 35.2 Å². The van der Waals surface area contributed by atoms with Gasteiger partial charge in [-0.2, -0.15) is 0 Å². The first-order valence-corrected chi connectivity index (χ1v) is 8.13. The highest BCUT2D eigenvalue weighted by Crippen LogP contribution is 2.34. The monoisotopic (exact) mass is 367 g/mol. The predicted molar refractivity (Wildman–Crippen MR) is 93.1 cm³/mol. The molecule has 1 aliphatic heterocycles. The molecule has 0 N–H and O–H groups in total. The minimum Gasteiger partial charge on any atom is -0.304 e. The third kappa shape index (κ3) is 2.97. The van der Waals surface area contributed by atoms with Crippen molar-refractivity contribution in [1.82, 2.24) is 0 Å². The number of hydrogen-bond acceptors (Lipinski definition) is 2. The normalized spacial score (nSPS) is 17.1. The van der Waals surface area contributed by atoms with Crippen molar-refractivity contribution in [2.45, 2.75) is 19.4 Å². The van der Waals surface area contributed by atoms with Gasteiger partial charge in [0.05, 0.1) is 15.7 Å². The van der Waals surface area contributed by atoms with Crippen LogP contribution < -0.4 is 4.90 Å². The summed E-state index contributed by atoms with van der Waals surface area (Å²) < 4.78 is 0. The van der Waals surface area contributed by atoms with E-state index < -0.39 is 0 Å². The molecule has 2 aromatic rings. The summed E-state index contributed by atoms with van der Waals surface area (Å²) >= 11 is 17.9. The lowest BCUT2D eigenvalue weighted by Crippen LogP contribution is -2.44. The van der Waals surface area contributed by atoms with Crippen LogP contribution in [0.15, 0.2) is 36.4 Å². The largest absolute Gasteiger partial charge is 0.304 e. The molecule has 3 nitrogen and oxygen atoms in total. The molecule has 0 saturated carbocycles. The molecule has 0 spiro atoms. The number of halogens is 3. The summed E-state index contributed by atoms with van der Waals surface area (Å²) in [6.07, 6.45) is 0.250. The molecule has 6 heteroatoms. The van der Waals surface area contributed by atoms with E-state index in [0.29, 0.717) is 31.9 Å². The van der Waals surface area contributed by atoms with Crippen LogP contribution >= 0.6 is 34.8 Å². The number of carbonyl (C=O) groups is 2. The quantitative estimate of drug-likeness (QED) is 0.687. The molecule has 23 heavy (non-hydrogen) atoms. The summed E-state index contributed by atoms with van der Waals surface area (Å²) in [6.45, 7) is 1.84. The summed E-state index contributed by atoms with van der Waals surface area (Å²) in [4.78, 5) is 26.7. The van der Waals surface area contributed by atoms with Crippen molar-refractivity contribution in [3.63, 3.8) is 0 Å². The average Bonchev–Trinajstić information content (AvgIpc) is 2.50. The topological polar surface area (TPSA) is 37.4 Å². The summed E-state index contributed by atoms with van der Waals surface area (Å²) in [5.41, 5.74) is 1.44. The van der Waals surface area contributed by atoms with Gasteiger partial charge in [-0.05, 0) is 43.3 Å². The number of rotatable bonds is 1. The lowest BCUT2D eigenvalue weighted by atomic mass is 9.94. The van der Waals surface area contributed by atoms with Crippen molar-refractivity contribution in [2.24, 2.45) is 0 Å². The van der Waals surface area contributed by atoms with E-state index in [4.69, 9.17) is 34.8 Å². The summed E-state index contributed by atoms with van der Waals surface area (Å²) in [7, 11) is 0. The third-order valence-corrected chi connectivity index (χ3v) is 4.80. The number of anilines is 1. The van der Waals surface area contributed by atoms with Crippen LogP contribution in [-0.2, 0) is 0 Å². The van der Waals surface area contributed by atoms with Crippen LogP contribution in [0, 0.1) is 0 Å². The number of Topliss-reactive ketones (excluding diaryl/α,β-unsaturated/α-hetero) is 1. The Morgan fingerprint density at radius 3 is 2.52 bits per heavy atom. The van der Waals surface area contributed by atoms with Gasteiger partial charge < -0.3 is 4.90 Å². The molecular weight excluding hydrogens is 357 g/mol. The van der Waals surface area contributed by atoms with Crippen molar-refractivity contribution in [3.05, 3.63) is 62.6 Å². The van der Waals surface area contributed by atoms with Gasteiger partial charge in [-0.25, -0.2) is 0 Å². The molecule has 0 bridgehead atoms. The second-order valence-electron chi connectivity index (χ2n) is 5.44. The molecule has 0 aliphatic carbocycles. The fourth-order valence-electron chi connectivity index (χ4n) is 2.73. The number of fused-ring (bicyclic) bond motifs is 1. The van der Waals surface area contributed by atoms with Crippen LogP contribution in [0.1, 0.15) is 34.1 Å². The molecule has 2 aromatic carbocycles. The van der Waals surface area contributed by atoms with Gasteiger partial charge in [0.1, 0.15) is 0 Å². The van der Waals surface area contributed by atoms with Gasteiger partial charge in [0.25, 0.3) is 5.91 Å². The standard InChI is InChI=1S/C17H12Cl3NO2/c1-9-6-16(22)12-8-11(18)3-5-15(12)21(9)17(23)10-2-4-13(19)14(20)7-10/h2-5,7-9H,6H2,1H3. The maximum atomic E-state index is 12.9. The van der Waals surface area contributed by atoms with Crippen molar-refractivity contribution in [3.8, 4) is 0 Å². The van der Waals surface area contributed by atoms with Crippen molar-refractivity contribution < 1.29 is 9.59 Å². The van der Waals surface area contributed by atoms with E-state index >= 15 is 0 Å². The molecule has 1 unspecified atom stereocenters. The molecule has 0 fully saturated rings. The predicted octanol–water partition coefficient (Wildman–Crippen LogP) is 5.27. The van der Waals surface area contributed by atoms with Gasteiger partial charge in [-0.1, -0.05) is 34.8 Å². The number of ketones is 1. The zero-order valence-corrected chi connectivity index (χ0v) is 14.4. The average molecular weight is 369 g/mol. The first-order valence-electron chi connectivity index (χ1n) is 7.00. The van der Waals surface area contributed by atoms with Crippen molar-refractivity contribution in [2.75, 3.05) is 4.90 Å². The van der Waals surface area contributed by atoms with Gasteiger partial charge >= 0.3 is 0 Å². The summed E-state index contributed by atoms with van der Waals surface area (Å²) in [6, 6.07) is 9.44. The molecule has 1 aliphatic rings. The molecule has 0 aromatic heterocycles. The molecule has 3 rings (SSSR count). The highest BCUT2D eigenvalue weighted by molar-refractivity contribution is 6.42. The van der Waals surface area contributed by atoms with E-state index in [9.17, 15) is 9.59 Å². The lowest BCUT2D eigenvalue weighted by Gasteiger charge is -2.34. The Morgan fingerprint density at radius 2 is 1.83 bits per heavy atom. The lowest BCUT2D eigenvalue weighted by molar-refractivity contribution is 0.0936. The maximum absolute atomic E-state index is 12.9. The smallest absolute Gasteiger partial charge is 0.258 e. The number of carbonyl (C=O) groups excluding carboxylic acids is 2. The Kier molecular flexibility index (Phi) is 4.37.